The summed E-state index contributed by atoms with van der Waals surface area (Å²) < 4.78 is 5.19. The van der Waals surface area contributed by atoms with E-state index in [2.05, 4.69) is 0 Å². The summed E-state index contributed by atoms with van der Waals surface area (Å²) in [5, 5.41) is 0. The summed E-state index contributed by atoms with van der Waals surface area (Å²) in [6.07, 6.45) is 5.58. The van der Waals surface area contributed by atoms with Gasteiger partial charge in [0, 0.05) is 26.6 Å². The van der Waals surface area contributed by atoms with E-state index in [0.29, 0.717) is 18.8 Å². The van der Waals surface area contributed by atoms with Crippen LogP contribution in [0, 0.1) is 0 Å². The van der Waals surface area contributed by atoms with Gasteiger partial charge in [0.25, 0.3) is 5.91 Å². The summed E-state index contributed by atoms with van der Waals surface area (Å²) in [5.74, 6) is 0.435. The van der Waals surface area contributed by atoms with Crippen molar-refractivity contribution in [1.82, 2.24) is 9.80 Å². The SMILES string of the molecule is CC(=O)N1CCCC[C@@]12CCN(C(=O)c1ccco1)C2. The normalized spacial score (nSPS) is 26.2. The first-order chi connectivity index (χ1) is 9.62. The molecule has 3 rings (SSSR count). The molecular weight excluding hydrogens is 256 g/mol. The highest BCUT2D eigenvalue weighted by Gasteiger charge is 2.46. The topological polar surface area (TPSA) is 53.8 Å². The van der Waals surface area contributed by atoms with E-state index in [4.69, 9.17) is 4.42 Å². The summed E-state index contributed by atoms with van der Waals surface area (Å²) >= 11 is 0. The van der Waals surface area contributed by atoms with Crippen molar-refractivity contribution in [3.63, 3.8) is 0 Å². The monoisotopic (exact) mass is 276 g/mol. The first kappa shape index (κ1) is 13.2. The minimum atomic E-state index is -0.146. The summed E-state index contributed by atoms with van der Waals surface area (Å²) in [7, 11) is 0. The fourth-order valence-electron chi connectivity index (χ4n) is 3.60. The summed E-state index contributed by atoms with van der Waals surface area (Å²) in [4.78, 5) is 28.0. The predicted molar refractivity (Wildman–Crippen MR) is 73.2 cm³/mol. The first-order valence-electron chi connectivity index (χ1n) is 7.23. The quantitative estimate of drug-likeness (QED) is 0.787. The van der Waals surface area contributed by atoms with Crippen LogP contribution in [-0.4, -0.2) is 46.8 Å². The molecule has 20 heavy (non-hydrogen) atoms. The highest BCUT2D eigenvalue weighted by molar-refractivity contribution is 5.91. The zero-order valence-electron chi connectivity index (χ0n) is 11.8. The summed E-state index contributed by atoms with van der Waals surface area (Å²) in [5.41, 5.74) is -0.146. The molecule has 0 radical (unpaired) electrons. The zero-order chi connectivity index (χ0) is 14.2. The van der Waals surface area contributed by atoms with Gasteiger partial charge in [-0.3, -0.25) is 9.59 Å². The van der Waals surface area contributed by atoms with Gasteiger partial charge in [-0.15, -0.1) is 0 Å². The van der Waals surface area contributed by atoms with Crippen molar-refractivity contribution in [2.45, 2.75) is 38.1 Å². The lowest BCUT2D eigenvalue weighted by molar-refractivity contribution is -0.137. The molecule has 3 heterocycles. The van der Waals surface area contributed by atoms with Gasteiger partial charge in [-0.25, -0.2) is 0 Å². The van der Waals surface area contributed by atoms with Crippen LogP contribution in [0.2, 0.25) is 0 Å². The van der Waals surface area contributed by atoms with Crippen molar-refractivity contribution in [2.75, 3.05) is 19.6 Å². The van der Waals surface area contributed by atoms with Crippen LogP contribution >= 0.6 is 0 Å². The Labute approximate surface area is 118 Å². The molecule has 2 aliphatic rings. The Bertz CT molecular complexity index is 511. The van der Waals surface area contributed by atoms with Gasteiger partial charge < -0.3 is 14.2 Å². The highest BCUT2D eigenvalue weighted by Crippen LogP contribution is 2.37. The van der Waals surface area contributed by atoms with Gasteiger partial charge in [-0.1, -0.05) is 0 Å². The van der Waals surface area contributed by atoms with E-state index >= 15 is 0 Å². The number of hydrogen-bond donors (Lipinski definition) is 0. The second kappa shape index (κ2) is 4.96. The molecule has 0 aliphatic carbocycles. The number of carbonyl (C=O) groups excluding carboxylic acids is 2. The van der Waals surface area contributed by atoms with E-state index in [1.54, 1.807) is 19.1 Å². The van der Waals surface area contributed by atoms with Crippen LogP contribution in [0.15, 0.2) is 22.8 Å². The van der Waals surface area contributed by atoms with Crippen LogP contribution < -0.4 is 0 Å². The van der Waals surface area contributed by atoms with Crippen LogP contribution in [-0.2, 0) is 4.79 Å². The van der Waals surface area contributed by atoms with Crippen LogP contribution in [0.25, 0.3) is 0 Å². The zero-order valence-corrected chi connectivity index (χ0v) is 11.8. The Balaban J connectivity index is 1.77. The molecule has 5 heteroatoms. The van der Waals surface area contributed by atoms with Gasteiger partial charge in [0.1, 0.15) is 0 Å². The molecule has 0 unspecified atom stereocenters. The van der Waals surface area contributed by atoms with Gasteiger partial charge in [0.15, 0.2) is 5.76 Å². The van der Waals surface area contributed by atoms with Gasteiger partial charge in [-0.05, 0) is 37.8 Å². The lowest BCUT2D eigenvalue weighted by Crippen LogP contribution is -2.55. The molecule has 0 N–H and O–H groups in total. The molecule has 5 nitrogen and oxygen atoms in total. The van der Waals surface area contributed by atoms with Gasteiger partial charge in [-0.2, -0.15) is 0 Å². The third-order valence-corrected chi connectivity index (χ3v) is 4.58. The summed E-state index contributed by atoms with van der Waals surface area (Å²) in [6, 6.07) is 3.42. The Morgan fingerprint density at radius 3 is 2.80 bits per heavy atom. The maximum atomic E-state index is 12.3. The van der Waals surface area contributed by atoms with Gasteiger partial charge in [0.2, 0.25) is 5.91 Å². The van der Waals surface area contributed by atoms with Crippen molar-refractivity contribution in [1.29, 1.82) is 0 Å². The van der Waals surface area contributed by atoms with Crippen molar-refractivity contribution >= 4 is 11.8 Å². The third-order valence-electron chi connectivity index (χ3n) is 4.58. The van der Waals surface area contributed by atoms with Crippen LogP contribution in [0.3, 0.4) is 0 Å². The lowest BCUT2D eigenvalue weighted by atomic mass is 9.85. The third kappa shape index (κ3) is 2.11. The molecule has 0 aromatic carbocycles. The van der Waals surface area contributed by atoms with Crippen LogP contribution in [0.4, 0.5) is 0 Å². The number of piperidine rings is 1. The summed E-state index contributed by atoms with van der Waals surface area (Å²) in [6.45, 7) is 3.78. The number of nitrogens with zero attached hydrogens (tertiary/aromatic N) is 2. The Kier molecular flexibility index (Phi) is 3.28. The standard InChI is InChI=1S/C15H20N2O3/c1-12(18)17-8-3-2-6-15(17)7-9-16(11-15)14(19)13-5-4-10-20-13/h4-5,10H,2-3,6-9,11H2,1H3/t15-/m0/s1. The number of carbonyl (C=O) groups is 2. The van der Waals surface area contributed by atoms with Crippen molar-refractivity contribution < 1.29 is 14.0 Å². The molecule has 2 amide bonds. The first-order valence-corrected chi connectivity index (χ1v) is 7.23. The largest absolute Gasteiger partial charge is 0.459 e. The molecule has 1 aromatic rings. The van der Waals surface area contributed by atoms with Gasteiger partial charge >= 0.3 is 0 Å². The van der Waals surface area contributed by atoms with Crippen molar-refractivity contribution in [3.8, 4) is 0 Å². The van der Waals surface area contributed by atoms with Crippen LogP contribution in [0.1, 0.15) is 43.2 Å². The number of likely N-dealkylation sites (tertiary alicyclic amines) is 2. The molecule has 0 saturated carbocycles. The fourth-order valence-corrected chi connectivity index (χ4v) is 3.60. The number of hydrogen-bond acceptors (Lipinski definition) is 3. The number of rotatable bonds is 1. The molecular formula is C15H20N2O3. The van der Waals surface area contributed by atoms with E-state index < -0.39 is 0 Å². The molecule has 1 aromatic heterocycles. The number of amides is 2. The van der Waals surface area contributed by atoms with E-state index in [9.17, 15) is 9.59 Å². The Morgan fingerprint density at radius 2 is 2.10 bits per heavy atom. The van der Waals surface area contributed by atoms with E-state index in [1.807, 2.05) is 9.80 Å². The molecule has 2 saturated heterocycles. The maximum Gasteiger partial charge on any atom is 0.289 e. The van der Waals surface area contributed by atoms with E-state index in [1.165, 1.54) is 6.26 Å². The van der Waals surface area contributed by atoms with Crippen molar-refractivity contribution in [3.05, 3.63) is 24.2 Å². The molecule has 108 valence electrons. The highest BCUT2D eigenvalue weighted by atomic mass is 16.3. The van der Waals surface area contributed by atoms with Crippen LogP contribution in [0.5, 0.6) is 0 Å². The van der Waals surface area contributed by atoms with Gasteiger partial charge in [0.05, 0.1) is 11.8 Å². The maximum absolute atomic E-state index is 12.3. The molecule has 1 atom stereocenters. The fraction of sp³-hybridized carbons (Fsp3) is 0.600. The Morgan fingerprint density at radius 1 is 1.25 bits per heavy atom. The van der Waals surface area contributed by atoms with E-state index in [0.717, 1.165) is 32.2 Å². The predicted octanol–water partition coefficient (Wildman–Crippen LogP) is 1.90. The molecule has 2 aliphatic heterocycles. The Hall–Kier alpha value is -1.78. The van der Waals surface area contributed by atoms with Crippen molar-refractivity contribution in [2.24, 2.45) is 0 Å². The smallest absolute Gasteiger partial charge is 0.289 e. The second-order valence-corrected chi connectivity index (χ2v) is 5.81. The average molecular weight is 276 g/mol. The molecule has 0 bridgehead atoms. The molecule has 1 spiro atoms. The average Bonchev–Trinajstić information content (AvgIpc) is 3.08. The minimum absolute atomic E-state index is 0.0686. The minimum Gasteiger partial charge on any atom is -0.459 e. The lowest BCUT2D eigenvalue weighted by Gasteiger charge is -2.44. The van der Waals surface area contributed by atoms with E-state index in [-0.39, 0.29) is 17.4 Å². The second-order valence-electron chi connectivity index (χ2n) is 5.81. The number of furan rings is 1. The molecule has 2 fully saturated rings.